The quantitative estimate of drug-likeness (QED) is 0.523. The van der Waals surface area contributed by atoms with E-state index in [1.54, 1.807) is 17.7 Å². The van der Waals surface area contributed by atoms with Crippen molar-refractivity contribution in [2.24, 2.45) is 0 Å². The van der Waals surface area contributed by atoms with E-state index in [-0.39, 0.29) is 6.61 Å². The molecule has 0 N–H and O–H groups in total. The van der Waals surface area contributed by atoms with Crippen LogP contribution in [0.4, 0.5) is 0 Å². The summed E-state index contributed by atoms with van der Waals surface area (Å²) in [6.45, 7) is 9.93. The summed E-state index contributed by atoms with van der Waals surface area (Å²) in [5.41, 5.74) is 2.51. The lowest BCUT2D eigenvalue weighted by Crippen LogP contribution is -2.15. The molecule has 1 aromatic carbocycles. The van der Waals surface area contributed by atoms with Crippen molar-refractivity contribution < 1.29 is 14.3 Å². The van der Waals surface area contributed by atoms with E-state index >= 15 is 0 Å². The summed E-state index contributed by atoms with van der Waals surface area (Å²) in [7, 11) is 0. The van der Waals surface area contributed by atoms with Gasteiger partial charge in [0.2, 0.25) is 0 Å². The molecule has 0 saturated carbocycles. The Hall–Kier alpha value is -2.89. The smallest absolute Gasteiger partial charge is 0.344 e. The summed E-state index contributed by atoms with van der Waals surface area (Å²) in [5, 5.41) is 8.23. The van der Waals surface area contributed by atoms with E-state index < -0.39 is 5.97 Å². The van der Waals surface area contributed by atoms with Crippen molar-refractivity contribution in [2.45, 2.75) is 19.9 Å². The first-order chi connectivity index (χ1) is 11.7. The molecule has 2 rings (SSSR count). The van der Waals surface area contributed by atoms with Gasteiger partial charge in [-0.05, 0) is 31.0 Å². The first-order valence-electron chi connectivity index (χ1n) is 7.71. The summed E-state index contributed by atoms with van der Waals surface area (Å²) in [5.74, 6) is 0.149. The Kier molecular flexibility index (Phi) is 6.31. The molecule has 0 aliphatic heterocycles. The van der Waals surface area contributed by atoms with Crippen molar-refractivity contribution >= 4 is 5.97 Å². The van der Waals surface area contributed by atoms with Gasteiger partial charge in [-0.25, -0.2) is 9.48 Å². The van der Waals surface area contributed by atoms with E-state index in [9.17, 15) is 4.79 Å². The largest absolute Gasteiger partial charge is 0.481 e. The molecule has 0 radical (unpaired) electrons. The van der Waals surface area contributed by atoms with Crippen molar-refractivity contribution in [1.82, 2.24) is 15.0 Å². The minimum atomic E-state index is -0.408. The fourth-order valence-corrected chi connectivity index (χ4v) is 2.18. The summed E-state index contributed by atoms with van der Waals surface area (Å²) in [6, 6.07) is 5.71. The third kappa shape index (κ3) is 4.55. The normalized spacial score (nSPS) is 10.2. The van der Waals surface area contributed by atoms with Crippen molar-refractivity contribution in [2.75, 3.05) is 13.2 Å². The highest BCUT2D eigenvalue weighted by atomic mass is 16.6. The van der Waals surface area contributed by atoms with E-state index in [0.717, 1.165) is 17.5 Å². The van der Waals surface area contributed by atoms with Gasteiger partial charge >= 0.3 is 5.97 Å². The van der Waals surface area contributed by atoms with Crippen LogP contribution in [-0.2, 0) is 22.5 Å². The van der Waals surface area contributed by atoms with Gasteiger partial charge in [-0.2, -0.15) is 0 Å². The number of benzene rings is 1. The zero-order valence-corrected chi connectivity index (χ0v) is 13.8. The number of carbonyl (C=O) groups excluding carboxylic acids is 1. The highest BCUT2D eigenvalue weighted by Crippen LogP contribution is 2.30. The van der Waals surface area contributed by atoms with E-state index in [2.05, 4.69) is 23.5 Å². The van der Waals surface area contributed by atoms with Gasteiger partial charge in [-0.3, -0.25) is 0 Å². The van der Waals surface area contributed by atoms with Crippen molar-refractivity contribution in [3.63, 3.8) is 0 Å². The molecule has 0 atom stereocenters. The predicted molar refractivity (Wildman–Crippen MR) is 91.7 cm³/mol. The number of hydrogen-bond acceptors (Lipinski definition) is 5. The van der Waals surface area contributed by atoms with Gasteiger partial charge in [0.15, 0.2) is 6.61 Å². The maximum atomic E-state index is 11.5. The average Bonchev–Trinajstić information content (AvgIpc) is 3.03. The van der Waals surface area contributed by atoms with Crippen LogP contribution in [0, 0.1) is 0 Å². The fraction of sp³-hybridized carbons (Fsp3) is 0.278. The Morgan fingerprint density at radius 2 is 2.17 bits per heavy atom. The van der Waals surface area contributed by atoms with Gasteiger partial charge in [0, 0.05) is 5.56 Å². The molecule has 6 nitrogen and oxygen atoms in total. The minimum absolute atomic E-state index is 0.150. The lowest BCUT2D eigenvalue weighted by molar-refractivity contribution is -0.145. The Bertz CT molecular complexity index is 722. The van der Waals surface area contributed by atoms with Crippen LogP contribution in [-0.4, -0.2) is 34.2 Å². The van der Waals surface area contributed by atoms with Crippen LogP contribution in [0.3, 0.4) is 0 Å². The Morgan fingerprint density at radius 1 is 1.33 bits per heavy atom. The molecular weight excluding hydrogens is 306 g/mol. The monoisotopic (exact) mass is 327 g/mol. The van der Waals surface area contributed by atoms with Crippen molar-refractivity contribution in [1.29, 1.82) is 0 Å². The molecule has 2 aromatic rings. The van der Waals surface area contributed by atoms with Gasteiger partial charge < -0.3 is 9.47 Å². The number of nitrogens with zero attached hydrogens (tertiary/aromatic N) is 3. The minimum Gasteiger partial charge on any atom is -0.481 e. The van der Waals surface area contributed by atoms with Crippen LogP contribution in [0.1, 0.15) is 12.5 Å². The first-order valence-corrected chi connectivity index (χ1v) is 7.71. The van der Waals surface area contributed by atoms with Gasteiger partial charge in [-0.15, -0.1) is 18.3 Å². The van der Waals surface area contributed by atoms with Crippen LogP contribution in [0.15, 0.2) is 49.7 Å². The summed E-state index contributed by atoms with van der Waals surface area (Å²) >= 11 is 0. The van der Waals surface area contributed by atoms with E-state index in [0.29, 0.717) is 24.6 Å². The highest BCUT2D eigenvalue weighted by Gasteiger charge is 2.13. The maximum absolute atomic E-state index is 11.5. The fourth-order valence-electron chi connectivity index (χ4n) is 2.18. The molecule has 126 valence electrons. The third-order valence-electron chi connectivity index (χ3n) is 3.21. The zero-order valence-electron chi connectivity index (χ0n) is 13.8. The lowest BCUT2D eigenvalue weighted by Gasteiger charge is -2.11. The molecule has 1 aromatic heterocycles. The standard InChI is InChI=1S/C18H21N3O3/c1-4-7-14-8-9-17(24-13-18(22)23-6-3)15(11-14)16-12-21(10-5-2)20-19-16/h4-5,8-9,11-12H,1-2,6-7,10,13H2,3H3. The molecule has 0 spiro atoms. The molecule has 6 heteroatoms. The number of allylic oxidation sites excluding steroid dienone is 2. The summed E-state index contributed by atoms with van der Waals surface area (Å²) < 4.78 is 12.2. The average molecular weight is 327 g/mol. The topological polar surface area (TPSA) is 66.2 Å². The number of ether oxygens (including phenoxy) is 2. The van der Waals surface area contributed by atoms with Crippen LogP contribution in [0.5, 0.6) is 5.75 Å². The number of aromatic nitrogens is 3. The molecule has 0 bridgehead atoms. The summed E-state index contributed by atoms with van der Waals surface area (Å²) in [6.07, 6.45) is 6.11. The van der Waals surface area contributed by atoms with Gasteiger partial charge in [-0.1, -0.05) is 23.4 Å². The SMILES string of the molecule is C=CCc1ccc(OCC(=O)OCC)c(-c2cn(CC=C)nn2)c1. The van der Waals surface area contributed by atoms with E-state index in [4.69, 9.17) is 9.47 Å². The summed E-state index contributed by atoms with van der Waals surface area (Å²) in [4.78, 5) is 11.5. The van der Waals surface area contributed by atoms with Crippen LogP contribution in [0.2, 0.25) is 0 Å². The molecular formula is C18H21N3O3. The van der Waals surface area contributed by atoms with Crippen molar-refractivity contribution in [3.8, 4) is 17.0 Å². The third-order valence-corrected chi connectivity index (χ3v) is 3.21. The molecule has 0 aliphatic rings. The van der Waals surface area contributed by atoms with Gasteiger partial charge in [0.1, 0.15) is 11.4 Å². The molecule has 0 unspecified atom stereocenters. The second-order valence-electron chi connectivity index (χ2n) is 5.03. The van der Waals surface area contributed by atoms with E-state index in [1.165, 1.54) is 0 Å². The molecule has 1 heterocycles. The number of esters is 1. The lowest BCUT2D eigenvalue weighted by atomic mass is 10.1. The zero-order chi connectivity index (χ0) is 17.4. The van der Waals surface area contributed by atoms with Gasteiger partial charge in [0.05, 0.1) is 19.3 Å². The van der Waals surface area contributed by atoms with Crippen LogP contribution >= 0.6 is 0 Å². The van der Waals surface area contributed by atoms with Crippen molar-refractivity contribution in [3.05, 3.63) is 55.3 Å². The second kappa shape index (κ2) is 8.67. The molecule has 0 fully saturated rings. The van der Waals surface area contributed by atoms with Gasteiger partial charge in [0.25, 0.3) is 0 Å². The van der Waals surface area contributed by atoms with Crippen LogP contribution in [0.25, 0.3) is 11.3 Å². The second-order valence-corrected chi connectivity index (χ2v) is 5.03. The number of hydrogen-bond donors (Lipinski definition) is 0. The Labute approximate surface area is 141 Å². The Morgan fingerprint density at radius 3 is 2.88 bits per heavy atom. The maximum Gasteiger partial charge on any atom is 0.344 e. The number of rotatable bonds is 9. The first kappa shape index (κ1) is 17.5. The Balaban J connectivity index is 2.29. The molecule has 0 aliphatic carbocycles. The predicted octanol–water partition coefficient (Wildman–Crippen LogP) is 2.80. The molecule has 0 amide bonds. The molecule has 0 saturated heterocycles. The number of carbonyl (C=O) groups is 1. The van der Waals surface area contributed by atoms with E-state index in [1.807, 2.05) is 30.5 Å². The van der Waals surface area contributed by atoms with Crippen LogP contribution < -0.4 is 4.74 Å². The highest BCUT2D eigenvalue weighted by molar-refractivity contribution is 5.72. The molecule has 24 heavy (non-hydrogen) atoms.